The maximum atomic E-state index is 12.5. The van der Waals surface area contributed by atoms with E-state index < -0.39 is 4.75 Å². The van der Waals surface area contributed by atoms with Crippen LogP contribution in [0.25, 0.3) is 0 Å². The second kappa shape index (κ2) is 9.68. The first-order chi connectivity index (χ1) is 14.0. The van der Waals surface area contributed by atoms with Gasteiger partial charge in [0.2, 0.25) is 5.91 Å². The standard InChI is InChI=1S/C24H33N3OS/c1-3-5-6-19(4-2)17-27-20-7-9-21(10-8-20)29-24(22(25)28)12-11-23(18-24)13-15-26-16-14-23/h3-10,26-27H,2,11-18H2,1H3,(H2,25,28)/b5-3-,19-6+. The zero-order valence-corrected chi connectivity index (χ0v) is 18.2. The molecule has 0 radical (unpaired) electrons. The minimum absolute atomic E-state index is 0.162. The lowest BCUT2D eigenvalue weighted by Crippen LogP contribution is -2.42. The molecule has 1 aliphatic heterocycles. The van der Waals surface area contributed by atoms with Crippen molar-refractivity contribution in [1.29, 1.82) is 0 Å². The van der Waals surface area contributed by atoms with Gasteiger partial charge in [0.1, 0.15) is 0 Å². The molecule has 156 valence electrons. The average molecular weight is 412 g/mol. The Bertz CT molecular complexity index is 778. The smallest absolute Gasteiger partial charge is 0.234 e. The number of primary amides is 1. The number of piperidine rings is 1. The van der Waals surface area contributed by atoms with E-state index in [1.54, 1.807) is 11.8 Å². The number of thioether (sulfide) groups is 1. The molecular formula is C24H33N3OS. The first-order valence-electron chi connectivity index (χ1n) is 10.5. The van der Waals surface area contributed by atoms with Gasteiger partial charge in [0, 0.05) is 17.1 Å². The van der Waals surface area contributed by atoms with Crippen LogP contribution in [0, 0.1) is 5.41 Å². The Labute approximate surface area is 179 Å². The van der Waals surface area contributed by atoms with Crippen LogP contribution in [0.5, 0.6) is 0 Å². The third kappa shape index (κ3) is 5.34. The fraction of sp³-hybridized carbons (Fsp3) is 0.458. The van der Waals surface area contributed by atoms with Crippen molar-refractivity contribution in [3.63, 3.8) is 0 Å². The van der Waals surface area contributed by atoms with Gasteiger partial charge < -0.3 is 16.4 Å². The van der Waals surface area contributed by atoms with Crippen molar-refractivity contribution >= 4 is 23.4 Å². The van der Waals surface area contributed by atoms with Crippen LogP contribution in [-0.4, -0.2) is 30.3 Å². The molecular weight excluding hydrogens is 378 g/mol. The third-order valence-electron chi connectivity index (χ3n) is 6.26. The molecule has 0 bridgehead atoms. The topological polar surface area (TPSA) is 67.1 Å². The Hall–Kier alpha value is -1.98. The fourth-order valence-electron chi connectivity index (χ4n) is 4.47. The molecule has 1 aromatic carbocycles. The normalized spacial score (nSPS) is 24.1. The number of rotatable bonds is 8. The lowest BCUT2D eigenvalue weighted by molar-refractivity contribution is -0.120. The molecule has 29 heavy (non-hydrogen) atoms. The molecule has 2 fully saturated rings. The number of benzene rings is 1. The van der Waals surface area contributed by atoms with Crippen molar-refractivity contribution in [1.82, 2.24) is 5.32 Å². The van der Waals surface area contributed by atoms with Crippen molar-refractivity contribution in [2.75, 3.05) is 25.0 Å². The van der Waals surface area contributed by atoms with Gasteiger partial charge in [-0.3, -0.25) is 4.79 Å². The Morgan fingerprint density at radius 2 is 1.97 bits per heavy atom. The Morgan fingerprint density at radius 1 is 1.24 bits per heavy atom. The van der Waals surface area contributed by atoms with Gasteiger partial charge >= 0.3 is 0 Å². The van der Waals surface area contributed by atoms with E-state index in [1.165, 1.54) is 0 Å². The molecule has 5 heteroatoms. The number of anilines is 1. The summed E-state index contributed by atoms with van der Waals surface area (Å²) in [5.74, 6) is -0.162. The number of amides is 1. The number of allylic oxidation sites excluding steroid dienone is 3. The predicted molar refractivity (Wildman–Crippen MR) is 124 cm³/mol. The van der Waals surface area contributed by atoms with E-state index in [0.29, 0.717) is 0 Å². The van der Waals surface area contributed by atoms with Crippen LogP contribution in [-0.2, 0) is 4.79 Å². The van der Waals surface area contributed by atoms with Gasteiger partial charge in [0.25, 0.3) is 0 Å². The molecule has 4 nitrogen and oxygen atoms in total. The number of carbonyl (C=O) groups is 1. The van der Waals surface area contributed by atoms with Crippen molar-refractivity contribution in [3.8, 4) is 0 Å². The zero-order chi connectivity index (χ0) is 20.7. The molecule has 1 aromatic rings. The van der Waals surface area contributed by atoms with Crippen LogP contribution in [0.2, 0.25) is 0 Å². The van der Waals surface area contributed by atoms with Crippen molar-refractivity contribution in [3.05, 3.63) is 60.7 Å². The Balaban J connectivity index is 1.64. The molecule has 1 heterocycles. The van der Waals surface area contributed by atoms with E-state index >= 15 is 0 Å². The van der Waals surface area contributed by atoms with Crippen LogP contribution in [0.4, 0.5) is 5.69 Å². The summed E-state index contributed by atoms with van der Waals surface area (Å²) >= 11 is 1.66. The Kier molecular flexibility index (Phi) is 7.25. The van der Waals surface area contributed by atoms with E-state index in [0.717, 1.165) is 67.9 Å². The number of nitrogens with two attached hydrogens (primary N) is 1. The quantitative estimate of drug-likeness (QED) is 0.545. The molecule has 1 saturated heterocycles. The monoisotopic (exact) mass is 411 g/mol. The van der Waals surface area contributed by atoms with Gasteiger partial charge in [-0.25, -0.2) is 0 Å². The molecule has 2 aliphatic rings. The molecule has 1 spiro atoms. The van der Waals surface area contributed by atoms with Crippen molar-refractivity contribution < 1.29 is 4.79 Å². The summed E-state index contributed by atoms with van der Waals surface area (Å²) in [6, 6.07) is 8.33. The number of hydrogen-bond acceptors (Lipinski definition) is 4. The van der Waals surface area contributed by atoms with Gasteiger partial charge in [-0.05, 0) is 87.4 Å². The summed E-state index contributed by atoms with van der Waals surface area (Å²) in [5, 5.41) is 6.86. The highest BCUT2D eigenvalue weighted by Crippen LogP contribution is 2.56. The minimum Gasteiger partial charge on any atom is -0.381 e. The lowest BCUT2D eigenvalue weighted by Gasteiger charge is -2.35. The summed E-state index contributed by atoms with van der Waals surface area (Å²) in [6.07, 6.45) is 13.1. The second-order valence-corrected chi connectivity index (χ2v) is 9.69. The van der Waals surface area contributed by atoms with Crippen LogP contribution in [0.3, 0.4) is 0 Å². The SMILES string of the molecule is C=C/C(=C\C=C/C)CNc1ccc(SC2(C(N)=O)CCC3(CCNCC3)C2)cc1. The molecule has 3 rings (SSSR count). The van der Waals surface area contributed by atoms with Gasteiger partial charge in [0.15, 0.2) is 0 Å². The maximum Gasteiger partial charge on any atom is 0.234 e. The maximum absolute atomic E-state index is 12.5. The highest BCUT2D eigenvalue weighted by atomic mass is 32.2. The first-order valence-corrected chi connectivity index (χ1v) is 11.3. The Morgan fingerprint density at radius 3 is 2.59 bits per heavy atom. The van der Waals surface area contributed by atoms with E-state index in [4.69, 9.17) is 5.73 Å². The summed E-state index contributed by atoms with van der Waals surface area (Å²) in [7, 11) is 0. The summed E-state index contributed by atoms with van der Waals surface area (Å²) in [4.78, 5) is 13.6. The first kappa shape index (κ1) is 21.7. The summed E-state index contributed by atoms with van der Waals surface area (Å²) < 4.78 is -0.475. The molecule has 1 atom stereocenters. The second-order valence-electron chi connectivity index (χ2n) is 8.24. The van der Waals surface area contributed by atoms with Crippen LogP contribution >= 0.6 is 11.8 Å². The molecule has 1 unspecified atom stereocenters. The molecule has 1 aliphatic carbocycles. The van der Waals surface area contributed by atoms with Crippen molar-refractivity contribution in [2.45, 2.75) is 48.7 Å². The lowest BCUT2D eigenvalue weighted by atomic mass is 9.77. The predicted octanol–water partition coefficient (Wildman–Crippen LogP) is 4.66. The van der Waals surface area contributed by atoms with E-state index in [9.17, 15) is 4.79 Å². The highest BCUT2D eigenvalue weighted by molar-refractivity contribution is 8.01. The fourth-order valence-corrected chi connectivity index (χ4v) is 5.88. The van der Waals surface area contributed by atoms with Gasteiger partial charge in [-0.2, -0.15) is 0 Å². The number of carbonyl (C=O) groups excluding carboxylic acids is 1. The van der Waals surface area contributed by atoms with Crippen molar-refractivity contribution in [2.24, 2.45) is 11.1 Å². The minimum atomic E-state index is -0.475. The van der Waals surface area contributed by atoms with Gasteiger partial charge in [-0.1, -0.05) is 30.9 Å². The largest absolute Gasteiger partial charge is 0.381 e. The zero-order valence-electron chi connectivity index (χ0n) is 17.4. The highest BCUT2D eigenvalue weighted by Gasteiger charge is 2.52. The van der Waals surface area contributed by atoms with E-state index in [-0.39, 0.29) is 11.3 Å². The summed E-state index contributed by atoms with van der Waals surface area (Å²) in [6.45, 7) is 8.69. The van der Waals surface area contributed by atoms with E-state index in [1.807, 2.05) is 25.2 Å². The van der Waals surface area contributed by atoms with Crippen LogP contribution < -0.4 is 16.4 Å². The molecule has 1 amide bonds. The average Bonchev–Trinajstić information content (AvgIpc) is 3.09. The molecule has 0 aromatic heterocycles. The molecule has 4 N–H and O–H groups in total. The number of hydrogen-bond donors (Lipinski definition) is 3. The van der Waals surface area contributed by atoms with Crippen LogP contribution in [0.1, 0.15) is 39.0 Å². The van der Waals surface area contributed by atoms with Gasteiger partial charge in [-0.15, -0.1) is 11.8 Å². The summed E-state index contributed by atoms with van der Waals surface area (Å²) in [5.41, 5.74) is 8.40. The molecule has 1 saturated carbocycles. The third-order valence-corrected chi connectivity index (χ3v) is 7.71. The van der Waals surface area contributed by atoms with Gasteiger partial charge in [0.05, 0.1) is 4.75 Å². The van der Waals surface area contributed by atoms with Crippen LogP contribution in [0.15, 0.2) is 65.6 Å². The van der Waals surface area contributed by atoms with E-state index in [2.05, 4.69) is 47.6 Å². The number of nitrogens with one attached hydrogen (secondary N) is 2.